The van der Waals surface area contributed by atoms with Crippen molar-refractivity contribution in [1.82, 2.24) is 4.98 Å². The van der Waals surface area contributed by atoms with Gasteiger partial charge in [-0.05, 0) is 77.6 Å². The van der Waals surface area contributed by atoms with Crippen LogP contribution >= 0.6 is 0 Å². The summed E-state index contributed by atoms with van der Waals surface area (Å²) in [6.07, 6.45) is 0. The van der Waals surface area contributed by atoms with Crippen LogP contribution in [0.3, 0.4) is 0 Å². The van der Waals surface area contributed by atoms with Crippen molar-refractivity contribution in [3.8, 4) is 0 Å². The molecule has 0 unspecified atom stereocenters. The first-order valence-electron chi connectivity index (χ1n) is 11.4. The molecule has 3 rings (SSSR count). The van der Waals surface area contributed by atoms with Gasteiger partial charge in [0.25, 0.3) is 0 Å². The highest BCUT2D eigenvalue weighted by Crippen LogP contribution is 2.32. The van der Waals surface area contributed by atoms with Crippen LogP contribution in [0.15, 0.2) is 36.4 Å². The lowest BCUT2D eigenvalue weighted by Gasteiger charge is -2.24. The molecule has 0 saturated heterocycles. The molecular weight excluding hydrogens is 402 g/mol. The molecule has 0 spiro atoms. The first-order chi connectivity index (χ1) is 15.4. The number of pyridine rings is 1. The third kappa shape index (κ3) is 4.88. The molecule has 1 aromatic heterocycles. The summed E-state index contributed by atoms with van der Waals surface area (Å²) in [5, 5.41) is 0. The van der Waals surface area contributed by atoms with Crippen LogP contribution in [-0.2, 0) is 0 Å². The van der Waals surface area contributed by atoms with Crippen molar-refractivity contribution in [1.29, 1.82) is 0 Å². The maximum absolute atomic E-state index is 5.04. The van der Waals surface area contributed by atoms with Gasteiger partial charge in [-0.15, -0.1) is 17.7 Å². The highest BCUT2D eigenvalue weighted by atomic mass is 15.1. The Morgan fingerprint density at radius 2 is 0.818 bits per heavy atom. The zero-order valence-electron chi connectivity index (χ0n) is 21.7. The summed E-state index contributed by atoms with van der Waals surface area (Å²) in [6, 6.07) is 15.1. The number of hydrogen-bond donors (Lipinski definition) is 0. The predicted molar refractivity (Wildman–Crippen MR) is 140 cm³/mol. The molecule has 3 aromatic rings. The Morgan fingerprint density at radius 3 is 1.12 bits per heavy atom. The fraction of sp³-hybridized carbons (Fsp3) is 0.300. The number of nitrogens with zero attached hydrogens (tertiary/aromatic N) is 3. The molecule has 3 heteroatoms. The van der Waals surface area contributed by atoms with Crippen LogP contribution in [0.4, 0.5) is 11.4 Å². The molecule has 3 nitrogen and oxygen atoms in total. The summed E-state index contributed by atoms with van der Waals surface area (Å²) >= 11 is 0. The van der Waals surface area contributed by atoms with Crippen LogP contribution in [0.5, 0.6) is 0 Å². The zero-order chi connectivity index (χ0) is 24.6. The molecule has 0 fully saturated rings. The van der Waals surface area contributed by atoms with Crippen molar-refractivity contribution in [2.45, 2.75) is 62.3 Å². The molecule has 0 aliphatic rings. The molecule has 0 amide bonds. The second-order valence-electron chi connectivity index (χ2n) is 9.44. The summed E-state index contributed by atoms with van der Waals surface area (Å²) < 4.78 is 4.03. The lowest BCUT2D eigenvalue weighted by molar-refractivity contribution is -0.410. The Bertz CT molecular complexity index is 1110. The predicted octanol–water partition coefficient (Wildman–Crippen LogP) is 7.13. The Hall–Kier alpha value is -3.33. The molecule has 2 aromatic carbocycles. The Kier molecular flexibility index (Phi) is 6.83. The minimum Gasteiger partial charge on any atom is -0.290 e. The number of aryl methyl sites for hydroxylation is 7. The van der Waals surface area contributed by atoms with Crippen LogP contribution < -0.4 is 0 Å². The highest BCUT2D eigenvalue weighted by Gasteiger charge is 2.21. The number of rotatable bonds is 6. The van der Waals surface area contributed by atoms with Crippen molar-refractivity contribution in [3.05, 3.63) is 98.8 Å². The van der Waals surface area contributed by atoms with E-state index in [1.54, 1.807) is 0 Å². The van der Waals surface area contributed by atoms with Crippen LogP contribution in [0, 0.1) is 60.5 Å². The van der Waals surface area contributed by atoms with Gasteiger partial charge in [-0.1, -0.05) is 42.3 Å². The molecule has 0 aliphatic heterocycles. The number of hydrogen-bond acceptors (Lipinski definition) is 1. The molecule has 0 atom stereocenters. The fourth-order valence-corrected chi connectivity index (χ4v) is 4.85. The first kappa shape index (κ1) is 24.3. The lowest BCUT2D eigenvalue weighted by atomic mass is 10.0. The van der Waals surface area contributed by atoms with Gasteiger partial charge >= 0.3 is 0 Å². The van der Waals surface area contributed by atoms with Crippen LogP contribution in [0.1, 0.15) is 64.2 Å². The molecule has 0 saturated carbocycles. The van der Waals surface area contributed by atoms with E-state index in [1.807, 2.05) is 9.15 Å². The average molecular weight is 440 g/mol. The van der Waals surface area contributed by atoms with Gasteiger partial charge in [0.2, 0.25) is 0 Å². The Balaban J connectivity index is 1.99. The van der Waals surface area contributed by atoms with Crippen molar-refractivity contribution >= 4 is 24.8 Å². The van der Waals surface area contributed by atoms with E-state index in [1.165, 1.54) is 33.4 Å². The zero-order valence-corrected chi connectivity index (χ0v) is 21.7. The smallest absolute Gasteiger partial charge is 0.137 e. The summed E-state index contributed by atoms with van der Waals surface area (Å²) in [6.45, 7) is 27.9. The fourth-order valence-electron chi connectivity index (χ4n) is 4.85. The minimum absolute atomic E-state index is 0.921. The van der Waals surface area contributed by atoms with E-state index < -0.39 is 0 Å². The molecule has 0 N–H and O–H groups in total. The molecule has 0 aliphatic carbocycles. The van der Waals surface area contributed by atoms with Gasteiger partial charge in [0.15, 0.2) is 0 Å². The largest absolute Gasteiger partial charge is 0.290 e. The van der Waals surface area contributed by atoms with Gasteiger partial charge in [-0.3, -0.25) is 14.1 Å². The SMILES string of the molecule is C=[N+](c1c(C)cc(C)cc1C)[C-](C)c1cc(C)cc([C-](C)[N+](=C)c2c(C)cc(C)cc2C)n1. The summed E-state index contributed by atoms with van der Waals surface area (Å²) in [7, 11) is 0. The van der Waals surface area contributed by atoms with Crippen molar-refractivity contribution in [3.63, 3.8) is 0 Å². The lowest BCUT2D eigenvalue weighted by Crippen LogP contribution is -2.18. The van der Waals surface area contributed by atoms with E-state index in [0.717, 1.165) is 40.4 Å². The van der Waals surface area contributed by atoms with Gasteiger partial charge in [0.1, 0.15) is 23.5 Å². The van der Waals surface area contributed by atoms with Crippen LogP contribution in [0.25, 0.3) is 0 Å². The van der Waals surface area contributed by atoms with E-state index in [0.29, 0.717) is 0 Å². The number of aromatic nitrogens is 1. The molecule has 0 bridgehead atoms. The monoisotopic (exact) mass is 439 g/mol. The average Bonchev–Trinajstić information content (AvgIpc) is 2.70. The second-order valence-corrected chi connectivity index (χ2v) is 9.44. The Labute approximate surface area is 200 Å². The Morgan fingerprint density at radius 1 is 0.545 bits per heavy atom. The quantitative estimate of drug-likeness (QED) is 0.227. The number of benzene rings is 2. The maximum atomic E-state index is 5.04. The standard InChI is InChI=1S/C30H37N3/c1-18-12-21(4)29(22(5)13-18)32(10)25(8)27-16-20(3)17-28(31-27)26(9)33(11)30-23(6)14-19(2)15-24(30)7/h12-17H,10-11H2,1-9H3. The normalized spacial score (nSPS) is 10.8. The summed E-state index contributed by atoms with van der Waals surface area (Å²) in [5.74, 6) is 0. The summed E-state index contributed by atoms with van der Waals surface area (Å²) in [4.78, 5) is 5.04. The maximum Gasteiger partial charge on any atom is 0.137 e. The van der Waals surface area contributed by atoms with Crippen molar-refractivity contribution in [2.75, 3.05) is 0 Å². The van der Waals surface area contributed by atoms with Crippen LogP contribution in [0.2, 0.25) is 0 Å². The van der Waals surface area contributed by atoms with Gasteiger partial charge in [-0.2, -0.15) is 0 Å². The molecule has 1 heterocycles. The van der Waals surface area contributed by atoms with Crippen molar-refractivity contribution in [2.24, 2.45) is 0 Å². The van der Waals surface area contributed by atoms with Gasteiger partial charge in [0, 0.05) is 11.4 Å². The van der Waals surface area contributed by atoms with E-state index in [-0.39, 0.29) is 0 Å². The summed E-state index contributed by atoms with van der Waals surface area (Å²) in [5.41, 5.74) is 12.6. The van der Waals surface area contributed by atoms with E-state index >= 15 is 0 Å². The minimum atomic E-state index is 0.921. The topological polar surface area (TPSA) is 18.9 Å². The highest BCUT2D eigenvalue weighted by molar-refractivity contribution is 5.53. The molecule has 0 radical (unpaired) electrons. The first-order valence-corrected chi connectivity index (χ1v) is 11.4. The molecular formula is C30H37N3. The van der Waals surface area contributed by atoms with Gasteiger partial charge in [-0.25, -0.2) is 0 Å². The van der Waals surface area contributed by atoms with E-state index in [9.17, 15) is 0 Å². The van der Waals surface area contributed by atoms with E-state index in [2.05, 4.69) is 112 Å². The third-order valence-electron chi connectivity index (χ3n) is 6.33. The molecule has 33 heavy (non-hydrogen) atoms. The van der Waals surface area contributed by atoms with Gasteiger partial charge < -0.3 is 0 Å². The van der Waals surface area contributed by atoms with Crippen LogP contribution in [-0.4, -0.2) is 27.6 Å². The van der Waals surface area contributed by atoms with Gasteiger partial charge in [0.05, 0.1) is 13.4 Å². The second kappa shape index (κ2) is 9.27. The van der Waals surface area contributed by atoms with E-state index in [4.69, 9.17) is 4.98 Å². The third-order valence-corrected chi connectivity index (χ3v) is 6.33. The molecule has 172 valence electrons. The van der Waals surface area contributed by atoms with Crippen molar-refractivity contribution < 1.29 is 9.15 Å².